The van der Waals surface area contributed by atoms with Crippen molar-refractivity contribution in [2.24, 2.45) is 0 Å². The summed E-state index contributed by atoms with van der Waals surface area (Å²) in [6, 6.07) is 16.5. The summed E-state index contributed by atoms with van der Waals surface area (Å²) >= 11 is 5.13. The summed E-state index contributed by atoms with van der Waals surface area (Å²) in [5.74, 6) is 0.964. The summed E-state index contributed by atoms with van der Waals surface area (Å²) in [5.41, 5.74) is 2.58. The van der Waals surface area contributed by atoms with E-state index in [9.17, 15) is 0 Å². The van der Waals surface area contributed by atoms with E-state index in [-0.39, 0.29) is 0 Å². The largest absolute Gasteiger partial charge is 0.496 e. The molecule has 0 aliphatic carbocycles. The van der Waals surface area contributed by atoms with Gasteiger partial charge in [-0.3, -0.25) is 0 Å². The lowest BCUT2D eigenvalue weighted by atomic mass is 10.0. The quantitative estimate of drug-likeness (QED) is 0.772. The van der Waals surface area contributed by atoms with Crippen LogP contribution in [0.2, 0.25) is 0 Å². The summed E-state index contributed by atoms with van der Waals surface area (Å²) in [4.78, 5) is 0. The Hall–Kier alpha value is -1.24. The first-order chi connectivity index (χ1) is 8.85. The third-order valence-electron chi connectivity index (χ3n) is 2.95. The van der Waals surface area contributed by atoms with Crippen LogP contribution in [0, 0.1) is 0 Å². The van der Waals surface area contributed by atoms with Gasteiger partial charge >= 0.3 is 0 Å². The second-order valence-electron chi connectivity index (χ2n) is 4.03. The Morgan fingerprint density at radius 1 is 0.944 bits per heavy atom. The Kier molecular flexibility index (Phi) is 4.86. The molecule has 0 unspecified atom stereocenters. The van der Waals surface area contributed by atoms with Gasteiger partial charge in [0.2, 0.25) is 0 Å². The number of hydrogen-bond acceptors (Lipinski definition) is 2. The number of para-hydroxylation sites is 1. The van der Waals surface area contributed by atoms with E-state index in [1.807, 2.05) is 18.2 Å². The Bertz CT molecular complexity index is 540. The van der Waals surface area contributed by atoms with E-state index in [1.54, 1.807) is 7.11 Å². The molecule has 92 valence electrons. The van der Waals surface area contributed by atoms with Gasteiger partial charge in [0.1, 0.15) is 5.75 Å². The zero-order chi connectivity index (χ0) is 12.8. The minimum Gasteiger partial charge on any atom is -0.496 e. The first-order valence-corrected chi connectivity index (χ1v) is 7.79. The van der Waals surface area contributed by atoms with E-state index >= 15 is 0 Å². The molecular weight excluding hydrogens is 259 g/mol. The minimum absolute atomic E-state index is 0.919. The van der Waals surface area contributed by atoms with Crippen LogP contribution in [0.15, 0.2) is 48.5 Å². The Morgan fingerprint density at radius 3 is 2.28 bits per heavy atom. The molecule has 2 rings (SSSR count). The highest BCUT2D eigenvalue weighted by Crippen LogP contribution is 2.19. The van der Waals surface area contributed by atoms with E-state index in [4.69, 9.17) is 16.5 Å². The molecule has 0 N–H and O–H groups in total. The number of aryl methyl sites for hydroxylation is 2. The number of ether oxygens (including phenoxy) is 1. The predicted molar refractivity (Wildman–Crippen MR) is 80.8 cm³/mol. The molecule has 1 nitrogen and oxygen atoms in total. The summed E-state index contributed by atoms with van der Waals surface area (Å²) in [6.07, 6.45) is 1.98. The first-order valence-electron chi connectivity index (χ1n) is 5.88. The van der Waals surface area contributed by atoms with Gasteiger partial charge in [0.25, 0.3) is 0 Å². The van der Waals surface area contributed by atoms with Crippen molar-refractivity contribution < 1.29 is 4.74 Å². The van der Waals surface area contributed by atoms with Crippen molar-refractivity contribution in [2.75, 3.05) is 7.11 Å². The van der Waals surface area contributed by atoms with E-state index in [0.29, 0.717) is 0 Å². The lowest BCUT2D eigenvalue weighted by molar-refractivity contribution is 0.409. The molecule has 0 heterocycles. The summed E-state index contributed by atoms with van der Waals surface area (Å²) < 4.78 is 5.37. The Balaban J connectivity index is 2.14. The molecule has 0 aliphatic heterocycles. The van der Waals surface area contributed by atoms with Crippen LogP contribution in [-0.4, -0.2) is 7.11 Å². The Morgan fingerprint density at radius 2 is 1.56 bits per heavy atom. The topological polar surface area (TPSA) is 9.23 Å². The standard InChI is InChI=1S/C15H15OPS/c1-16-14-8-4-2-6-12(14)10-11-13-7-3-5-9-15(13)17-18/h2-9H,10-11H2,1H3. The molecule has 2 aromatic carbocycles. The molecule has 0 bridgehead atoms. The molecule has 0 fully saturated rings. The summed E-state index contributed by atoms with van der Waals surface area (Å²) in [7, 11) is 2.64. The van der Waals surface area contributed by atoms with Crippen molar-refractivity contribution in [3.8, 4) is 5.75 Å². The maximum atomic E-state index is 5.37. The fourth-order valence-corrected chi connectivity index (χ4v) is 2.97. The molecule has 3 heteroatoms. The van der Waals surface area contributed by atoms with Crippen molar-refractivity contribution in [2.45, 2.75) is 12.8 Å². The number of methoxy groups -OCH3 is 1. The fourth-order valence-electron chi connectivity index (χ4n) is 1.99. The molecule has 18 heavy (non-hydrogen) atoms. The first kappa shape index (κ1) is 13.2. The zero-order valence-corrected chi connectivity index (χ0v) is 12.0. The number of rotatable bonds is 5. The average molecular weight is 274 g/mol. The lowest BCUT2D eigenvalue weighted by Crippen LogP contribution is -2.04. The Labute approximate surface area is 115 Å². The van der Waals surface area contributed by atoms with E-state index in [0.717, 1.165) is 25.9 Å². The molecule has 0 atom stereocenters. The molecule has 0 saturated heterocycles. The molecule has 2 aromatic rings. The number of hydrogen-bond donors (Lipinski definition) is 0. The molecule has 0 radical (unpaired) electrons. The number of benzene rings is 2. The third-order valence-corrected chi connectivity index (χ3v) is 4.17. The fraction of sp³-hybridized carbons (Fsp3) is 0.200. The molecule has 0 aromatic heterocycles. The second-order valence-corrected chi connectivity index (χ2v) is 5.24. The van der Waals surface area contributed by atoms with Crippen molar-refractivity contribution in [1.29, 1.82) is 0 Å². The second kappa shape index (κ2) is 6.63. The van der Waals surface area contributed by atoms with Crippen LogP contribution < -0.4 is 10.0 Å². The van der Waals surface area contributed by atoms with Gasteiger partial charge in [0, 0.05) is 12.7 Å². The van der Waals surface area contributed by atoms with Crippen molar-refractivity contribution in [1.82, 2.24) is 0 Å². The zero-order valence-electron chi connectivity index (χ0n) is 10.3. The van der Waals surface area contributed by atoms with Crippen molar-refractivity contribution in [3.63, 3.8) is 0 Å². The van der Waals surface area contributed by atoms with Gasteiger partial charge in [-0.05, 0) is 36.1 Å². The van der Waals surface area contributed by atoms with Gasteiger partial charge in [0.15, 0.2) is 0 Å². The predicted octanol–water partition coefficient (Wildman–Crippen LogP) is 3.51. The maximum absolute atomic E-state index is 5.37. The van der Waals surface area contributed by atoms with Crippen LogP contribution in [0.1, 0.15) is 11.1 Å². The molecule has 0 amide bonds. The summed E-state index contributed by atoms with van der Waals surface area (Å²) in [6.45, 7) is 0. The molecule has 0 spiro atoms. The third kappa shape index (κ3) is 3.16. The van der Waals surface area contributed by atoms with Gasteiger partial charge in [-0.1, -0.05) is 48.2 Å². The molecular formula is C15H15OPS. The van der Waals surface area contributed by atoms with Crippen LogP contribution in [0.25, 0.3) is 0 Å². The van der Waals surface area contributed by atoms with Crippen LogP contribution in [0.3, 0.4) is 0 Å². The van der Waals surface area contributed by atoms with E-state index in [1.165, 1.54) is 16.4 Å². The minimum atomic E-state index is 0.919. The highest BCUT2D eigenvalue weighted by Gasteiger charge is 2.04. The van der Waals surface area contributed by atoms with E-state index < -0.39 is 0 Å². The van der Waals surface area contributed by atoms with Crippen LogP contribution in [0.4, 0.5) is 0 Å². The van der Waals surface area contributed by atoms with Gasteiger partial charge in [0.05, 0.1) is 7.11 Å². The summed E-state index contributed by atoms with van der Waals surface area (Å²) in [5, 5.41) is 1.24. The smallest absolute Gasteiger partial charge is 0.122 e. The maximum Gasteiger partial charge on any atom is 0.122 e. The van der Waals surface area contributed by atoms with Gasteiger partial charge in [-0.25, -0.2) is 0 Å². The normalized spacial score (nSPS) is 10.5. The monoisotopic (exact) mass is 274 g/mol. The van der Waals surface area contributed by atoms with Crippen molar-refractivity contribution >= 4 is 24.5 Å². The van der Waals surface area contributed by atoms with Gasteiger partial charge < -0.3 is 4.74 Å². The van der Waals surface area contributed by atoms with Crippen molar-refractivity contribution in [3.05, 3.63) is 59.7 Å². The van der Waals surface area contributed by atoms with E-state index in [2.05, 4.69) is 30.3 Å². The highest BCUT2D eigenvalue weighted by atomic mass is 32.4. The van der Waals surface area contributed by atoms with Gasteiger partial charge in [-0.2, -0.15) is 0 Å². The molecule has 0 saturated carbocycles. The lowest BCUT2D eigenvalue weighted by Gasteiger charge is -2.09. The molecule has 0 aliphatic rings. The highest BCUT2D eigenvalue weighted by molar-refractivity contribution is 7.99. The average Bonchev–Trinajstić information content (AvgIpc) is 2.45. The van der Waals surface area contributed by atoms with Crippen LogP contribution >= 0.6 is 7.36 Å². The van der Waals surface area contributed by atoms with Crippen LogP contribution in [0.5, 0.6) is 5.75 Å². The SMILES string of the molecule is COc1ccccc1CCc1ccccc1P=S. The van der Waals surface area contributed by atoms with Gasteiger partial charge in [-0.15, -0.1) is 0 Å². The van der Waals surface area contributed by atoms with Crippen LogP contribution in [-0.2, 0) is 24.6 Å².